The summed E-state index contributed by atoms with van der Waals surface area (Å²) in [5.41, 5.74) is 4.30. The van der Waals surface area contributed by atoms with E-state index in [0.29, 0.717) is 24.6 Å². The van der Waals surface area contributed by atoms with Crippen molar-refractivity contribution in [3.8, 4) is 11.3 Å². The van der Waals surface area contributed by atoms with E-state index in [1.165, 1.54) is 28.7 Å². The van der Waals surface area contributed by atoms with Crippen molar-refractivity contribution in [2.45, 2.75) is 6.42 Å². The number of para-hydroxylation sites is 1. The van der Waals surface area contributed by atoms with Crippen molar-refractivity contribution >= 4 is 22.4 Å². The second-order valence-electron chi connectivity index (χ2n) is 7.15. The molecule has 1 amide bonds. The van der Waals surface area contributed by atoms with Crippen LogP contribution in [0.15, 0.2) is 77.4 Å². The number of aromatic nitrogens is 1. The number of H-pyrrole nitrogens is 1. The minimum atomic E-state index is -0.303. The summed E-state index contributed by atoms with van der Waals surface area (Å²) in [6.07, 6.45) is 4.94. The van der Waals surface area contributed by atoms with E-state index in [9.17, 15) is 9.18 Å². The number of amides is 1. The molecule has 0 atom stereocenters. The summed E-state index contributed by atoms with van der Waals surface area (Å²) in [4.78, 5) is 17.9. The van der Waals surface area contributed by atoms with Crippen molar-refractivity contribution in [3.05, 3.63) is 90.1 Å². The van der Waals surface area contributed by atoms with E-state index in [0.717, 1.165) is 17.5 Å². The average molecular weight is 386 g/mol. The predicted molar refractivity (Wildman–Crippen MR) is 111 cm³/mol. The van der Waals surface area contributed by atoms with Crippen LogP contribution in [-0.2, 0) is 0 Å². The Bertz CT molecular complexity index is 1220. The third-order valence-corrected chi connectivity index (χ3v) is 5.38. The number of fused-ring (bicyclic) bond motifs is 1. The highest BCUT2D eigenvalue weighted by Crippen LogP contribution is 2.30. The van der Waals surface area contributed by atoms with Gasteiger partial charge in [-0.3, -0.25) is 4.79 Å². The molecule has 2 aromatic carbocycles. The summed E-state index contributed by atoms with van der Waals surface area (Å²) >= 11 is 0. The van der Waals surface area contributed by atoms with E-state index >= 15 is 0 Å². The highest BCUT2D eigenvalue weighted by atomic mass is 19.1. The quantitative estimate of drug-likeness (QED) is 0.506. The lowest BCUT2D eigenvalue weighted by atomic mass is 9.99. The van der Waals surface area contributed by atoms with Crippen LogP contribution in [0.1, 0.15) is 22.5 Å². The summed E-state index contributed by atoms with van der Waals surface area (Å²) in [5.74, 6) is 0.420. The van der Waals surface area contributed by atoms with E-state index in [4.69, 9.17) is 4.42 Å². The van der Waals surface area contributed by atoms with Crippen molar-refractivity contribution in [1.82, 2.24) is 9.88 Å². The van der Waals surface area contributed by atoms with Gasteiger partial charge in [0.05, 0.1) is 0 Å². The molecule has 1 N–H and O–H groups in total. The summed E-state index contributed by atoms with van der Waals surface area (Å²) < 4.78 is 18.8. The molecule has 1 aliphatic heterocycles. The van der Waals surface area contributed by atoms with Gasteiger partial charge >= 0.3 is 0 Å². The Morgan fingerprint density at radius 1 is 1.03 bits per heavy atom. The Balaban J connectivity index is 1.33. The standard InChI is InChI=1S/C24H19FN2O2/c25-18-7-5-17(6-8-18)22-9-10-23(29-22)24(28)27-13-11-16(12-14-27)20-15-26-21-4-2-1-3-19(20)21/h1-11,15,26H,12-14H2. The number of carbonyl (C=O) groups excluding carboxylic acids is 1. The van der Waals surface area contributed by atoms with Gasteiger partial charge in [0, 0.05) is 41.3 Å². The SMILES string of the molecule is O=C(c1ccc(-c2ccc(F)cc2)o1)N1CC=C(c2c[nH]c3ccccc23)CC1. The third kappa shape index (κ3) is 3.25. The molecule has 4 nitrogen and oxygen atoms in total. The van der Waals surface area contributed by atoms with E-state index in [1.54, 1.807) is 29.2 Å². The molecule has 3 heterocycles. The number of furan rings is 1. The normalized spacial score (nSPS) is 14.2. The Morgan fingerprint density at radius 3 is 2.66 bits per heavy atom. The molecule has 144 valence electrons. The van der Waals surface area contributed by atoms with Gasteiger partial charge in [0.1, 0.15) is 11.6 Å². The van der Waals surface area contributed by atoms with Crippen LogP contribution in [0, 0.1) is 5.82 Å². The number of nitrogens with zero attached hydrogens (tertiary/aromatic N) is 1. The van der Waals surface area contributed by atoms with Crippen LogP contribution < -0.4 is 0 Å². The minimum absolute atomic E-state index is 0.132. The Hall–Kier alpha value is -3.60. The minimum Gasteiger partial charge on any atom is -0.451 e. The first-order valence-electron chi connectivity index (χ1n) is 9.59. The van der Waals surface area contributed by atoms with Gasteiger partial charge in [-0.25, -0.2) is 4.39 Å². The molecule has 0 unspecified atom stereocenters. The second kappa shape index (κ2) is 7.09. The van der Waals surface area contributed by atoms with E-state index in [-0.39, 0.29) is 11.7 Å². The number of hydrogen-bond donors (Lipinski definition) is 1. The molecular formula is C24H19FN2O2. The van der Waals surface area contributed by atoms with Crippen molar-refractivity contribution in [2.24, 2.45) is 0 Å². The highest BCUT2D eigenvalue weighted by Gasteiger charge is 2.23. The van der Waals surface area contributed by atoms with Crippen LogP contribution in [0.5, 0.6) is 0 Å². The topological polar surface area (TPSA) is 49.2 Å². The molecule has 0 saturated heterocycles. The van der Waals surface area contributed by atoms with Gasteiger partial charge in [-0.05, 0) is 54.5 Å². The zero-order valence-corrected chi connectivity index (χ0v) is 15.7. The lowest BCUT2D eigenvalue weighted by Gasteiger charge is -2.25. The predicted octanol–water partition coefficient (Wildman–Crippen LogP) is 5.50. The van der Waals surface area contributed by atoms with Crippen molar-refractivity contribution in [1.29, 1.82) is 0 Å². The smallest absolute Gasteiger partial charge is 0.289 e. The molecule has 0 saturated carbocycles. The maximum absolute atomic E-state index is 13.1. The fraction of sp³-hybridized carbons (Fsp3) is 0.125. The maximum atomic E-state index is 13.1. The van der Waals surface area contributed by atoms with Crippen LogP contribution in [0.4, 0.5) is 4.39 Å². The molecule has 1 aliphatic rings. The first-order chi connectivity index (χ1) is 14.2. The van der Waals surface area contributed by atoms with Crippen LogP contribution in [0.25, 0.3) is 27.8 Å². The molecular weight excluding hydrogens is 367 g/mol. The van der Waals surface area contributed by atoms with Gasteiger partial charge < -0.3 is 14.3 Å². The zero-order chi connectivity index (χ0) is 19.8. The fourth-order valence-corrected chi connectivity index (χ4v) is 3.81. The van der Waals surface area contributed by atoms with Crippen LogP contribution >= 0.6 is 0 Å². The van der Waals surface area contributed by atoms with E-state index in [1.807, 2.05) is 18.3 Å². The van der Waals surface area contributed by atoms with Gasteiger partial charge in [-0.1, -0.05) is 24.3 Å². The molecule has 2 aromatic heterocycles. The number of aromatic amines is 1. The number of halogens is 1. The van der Waals surface area contributed by atoms with Gasteiger partial charge in [0.25, 0.3) is 5.91 Å². The number of hydrogen-bond acceptors (Lipinski definition) is 2. The van der Waals surface area contributed by atoms with Crippen LogP contribution in [0.2, 0.25) is 0 Å². The third-order valence-electron chi connectivity index (χ3n) is 5.38. The maximum Gasteiger partial charge on any atom is 0.289 e. The van der Waals surface area contributed by atoms with E-state index in [2.05, 4.69) is 23.2 Å². The number of nitrogens with one attached hydrogen (secondary N) is 1. The number of rotatable bonds is 3. The molecule has 0 radical (unpaired) electrons. The summed E-state index contributed by atoms with van der Waals surface area (Å²) in [6, 6.07) is 17.7. The fourth-order valence-electron chi connectivity index (χ4n) is 3.81. The van der Waals surface area contributed by atoms with Crippen molar-refractivity contribution < 1.29 is 13.6 Å². The molecule has 0 aliphatic carbocycles. The first kappa shape index (κ1) is 17.5. The number of carbonyl (C=O) groups is 1. The first-order valence-corrected chi connectivity index (χ1v) is 9.59. The van der Waals surface area contributed by atoms with Crippen LogP contribution in [-0.4, -0.2) is 28.9 Å². The summed E-state index contributed by atoms with van der Waals surface area (Å²) in [6.45, 7) is 1.18. The molecule has 29 heavy (non-hydrogen) atoms. The molecule has 0 spiro atoms. The Labute approximate surface area is 167 Å². The van der Waals surface area contributed by atoms with Gasteiger partial charge in [-0.15, -0.1) is 0 Å². The summed E-state index contributed by atoms with van der Waals surface area (Å²) in [5, 5.41) is 1.20. The molecule has 0 bridgehead atoms. The number of benzene rings is 2. The monoisotopic (exact) mass is 386 g/mol. The van der Waals surface area contributed by atoms with Gasteiger partial charge in [0.2, 0.25) is 0 Å². The highest BCUT2D eigenvalue weighted by molar-refractivity contribution is 5.95. The van der Waals surface area contributed by atoms with Gasteiger partial charge in [-0.2, -0.15) is 0 Å². The molecule has 4 aromatic rings. The summed E-state index contributed by atoms with van der Waals surface area (Å²) in [7, 11) is 0. The van der Waals surface area contributed by atoms with Gasteiger partial charge in [0.15, 0.2) is 5.76 Å². The Morgan fingerprint density at radius 2 is 1.86 bits per heavy atom. The average Bonchev–Trinajstić information content (AvgIpc) is 3.42. The Kier molecular flexibility index (Phi) is 4.28. The lowest BCUT2D eigenvalue weighted by Crippen LogP contribution is -2.34. The molecule has 5 heteroatoms. The molecule has 5 rings (SSSR count). The van der Waals surface area contributed by atoms with Crippen molar-refractivity contribution in [3.63, 3.8) is 0 Å². The largest absolute Gasteiger partial charge is 0.451 e. The van der Waals surface area contributed by atoms with Crippen LogP contribution in [0.3, 0.4) is 0 Å². The van der Waals surface area contributed by atoms with E-state index < -0.39 is 0 Å². The second-order valence-corrected chi connectivity index (χ2v) is 7.15. The van der Waals surface area contributed by atoms with Crippen molar-refractivity contribution in [2.75, 3.05) is 13.1 Å². The molecule has 0 fully saturated rings. The zero-order valence-electron chi connectivity index (χ0n) is 15.7. The lowest BCUT2D eigenvalue weighted by molar-refractivity contribution is 0.0742.